The summed E-state index contributed by atoms with van der Waals surface area (Å²) in [6.45, 7) is 0. The van der Waals surface area contributed by atoms with Crippen LogP contribution >= 0.6 is 11.6 Å². The molecule has 0 amide bonds. The van der Waals surface area contributed by atoms with E-state index in [-0.39, 0.29) is 24.0 Å². The minimum absolute atomic E-state index is 0. The van der Waals surface area contributed by atoms with Crippen LogP contribution in [0.5, 0.6) is 0 Å². The molecule has 0 saturated carbocycles. The Hall–Kier alpha value is -1.23. The molecule has 2 rings (SSSR count). The summed E-state index contributed by atoms with van der Waals surface area (Å²) in [6.07, 6.45) is -4.36. The Labute approximate surface area is 126 Å². The molecule has 2 aromatic rings. The second-order valence-corrected chi connectivity index (χ2v) is 4.33. The summed E-state index contributed by atoms with van der Waals surface area (Å²) in [7, 11) is 0. The summed E-state index contributed by atoms with van der Waals surface area (Å²) in [5.74, 6) is 0.265. The number of nitrogens with two attached hydrogens (primary N) is 1. The van der Waals surface area contributed by atoms with Crippen molar-refractivity contribution in [3.8, 4) is 0 Å². The van der Waals surface area contributed by atoms with Gasteiger partial charge in [-0.25, -0.2) is 0 Å². The zero-order valence-corrected chi connectivity index (χ0v) is 11.8. The standard InChI is InChI=1S/C14H11ClF3N.ClH/c15-9-10-5-1-3-7-12(10)19-13-8-4-2-6-11(13)14(16,17)18;/h1-8,19H,9H2;1H. The van der Waals surface area contributed by atoms with Gasteiger partial charge in [0.1, 0.15) is 16.9 Å². The highest BCUT2D eigenvalue weighted by Gasteiger charge is 2.35. The minimum Gasteiger partial charge on any atom is -1.00 e. The molecule has 0 aliphatic rings. The van der Waals surface area contributed by atoms with Crippen molar-refractivity contribution in [3.05, 3.63) is 59.7 Å². The first-order valence-electron chi connectivity index (χ1n) is 5.67. The summed E-state index contributed by atoms with van der Waals surface area (Å²) >= 11 is 5.79. The van der Waals surface area contributed by atoms with Gasteiger partial charge in [0.05, 0.1) is 5.88 Å². The van der Waals surface area contributed by atoms with Crippen LogP contribution < -0.4 is 17.7 Å². The molecule has 2 aromatic carbocycles. The molecule has 6 heteroatoms. The largest absolute Gasteiger partial charge is 1.00 e. The molecule has 2 N–H and O–H groups in total. The van der Waals surface area contributed by atoms with Gasteiger partial charge in [0.25, 0.3) is 0 Å². The molecular formula is C14H12Cl2F3N. The monoisotopic (exact) mass is 321 g/mol. The summed E-state index contributed by atoms with van der Waals surface area (Å²) < 4.78 is 38.7. The Bertz CT molecular complexity index is 570. The first kappa shape index (κ1) is 16.8. The number of halogens is 5. The predicted molar refractivity (Wildman–Crippen MR) is 68.7 cm³/mol. The van der Waals surface area contributed by atoms with Crippen molar-refractivity contribution in [2.24, 2.45) is 0 Å². The second-order valence-electron chi connectivity index (χ2n) is 4.06. The van der Waals surface area contributed by atoms with Gasteiger partial charge in [-0.2, -0.15) is 13.2 Å². The molecule has 1 nitrogen and oxygen atoms in total. The Morgan fingerprint density at radius 1 is 0.900 bits per heavy atom. The number of rotatable bonds is 3. The fraction of sp³-hybridized carbons (Fsp3) is 0.143. The van der Waals surface area contributed by atoms with Crippen molar-refractivity contribution in [2.75, 3.05) is 0 Å². The van der Waals surface area contributed by atoms with E-state index in [4.69, 9.17) is 11.6 Å². The fourth-order valence-corrected chi connectivity index (χ4v) is 2.09. The molecule has 0 fully saturated rings. The Morgan fingerprint density at radius 3 is 2.05 bits per heavy atom. The van der Waals surface area contributed by atoms with Gasteiger partial charge in [0.2, 0.25) is 0 Å². The van der Waals surface area contributed by atoms with Crippen molar-refractivity contribution < 1.29 is 30.9 Å². The third-order valence-corrected chi connectivity index (χ3v) is 3.06. The predicted octanol–water partition coefficient (Wildman–Crippen LogP) is 0.975. The van der Waals surface area contributed by atoms with E-state index >= 15 is 0 Å². The number of hydrogen-bond acceptors (Lipinski definition) is 0. The first-order chi connectivity index (χ1) is 9.02. The van der Waals surface area contributed by atoms with Gasteiger partial charge in [-0.05, 0) is 12.1 Å². The average molecular weight is 322 g/mol. The molecule has 0 heterocycles. The van der Waals surface area contributed by atoms with Gasteiger partial charge in [-0.15, -0.1) is 11.6 Å². The lowest BCUT2D eigenvalue weighted by molar-refractivity contribution is -0.481. The average Bonchev–Trinajstić information content (AvgIpc) is 2.39. The molecule has 0 spiro atoms. The van der Waals surface area contributed by atoms with Crippen LogP contribution in [-0.4, -0.2) is 0 Å². The molecule has 0 saturated heterocycles. The van der Waals surface area contributed by atoms with E-state index in [2.05, 4.69) is 0 Å². The molecule has 0 aromatic heterocycles. The number of alkyl halides is 4. The molecule has 0 radical (unpaired) electrons. The molecule has 0 bridgehead atoms. The van der Waals surface area contributed by atoms with E-state index in [1.807, 2.05) is 6.07 Å². The van der Waals surface area contributed by atoms with Gasteiger partial charge in [0, 0.05) is 11.6 Å². The highest BCUT2D eigenvalue weighted by molar-refractivity contribution is 6.17. The van der Waals surface area contributed by atoms with Crippen LogP contribution in [0, 0.1) is 0 Å². The molecule has 20 heavy (non-hydrogen) atoms. The van der Waals surface area contributed by atoms with E-state index in [1.54, 1.807) is 24.3 Å². The third-order valence-electron chi connectivity index (χ3n) is 2.78. The Morgan fingerprint density at radius 2 is 1.45 bits per heavy atom. The first-order valence-corrected chi connectivity index (χ1v) is 6.20. The van der Waals surface area contributed by atoms with E-state index in [9.17, 15) is 13.2 Å². The van der Waals surface area contributed by atoms with E-state index in [1.165, 1.54) is 17.4 Å². The molecule has 0 aliphatic carbocycles. The molecule has 0 atom stereocenters. The topological polar surface area (TPSA) is 16.6 Å². The maximum Gasteiger partial charge on any atom is 0.422 e. The van der Waals surface area contributed by atoms with Gasteiger partial charge < -0.3 is 12.4 Å². The van der Waals surface area contributed by atoms with Gasteiger partial charge in [-0.1, -0.05) is 30.3 Å². The molecule has 108 valence electrons. The van der Waals surface area contributed by atoms with Crippen LogP contribution in [-0.2, 0) is 12.1 Å². The lowest BCUT2D eigenvalue weighted by Crippen LogP contribution is -3.00. The quantitative estimate of drug-likeness (QED) is 0.641. The van der Waals surface area contributed by atoms with Crippen molar-refractivity contribution in [1.29, 1.82) is 0 Å². The fourth-order valence-electron chi connectivity index (χ4n) is 1.85. The van der Waals surface area contributed by atoms with Crippen LogP contribution in [0.3, 0.4) is 0 Å². The molecule has 0 unspecified atom stereocenters. The Balaban J connectivity index is 0.00000200. The number of hydrogen-bond donors (Lipinski definition) is 1. The van der Waals surface area contributed by atoms with E-state index in [0.29, 0.717) is 5.69 Å². The molecule has 0 aliphatic heterocycles. The zero-order valence-electron chi connectivity index (χ0n) is 10.3. The minimum atomic E-state index is -4.36. The summed E-state index contributed by atoms with van der Waals surface area (Å²) in [6, 6.07) is 12.6. The summed E-state index contributed by atoms with van der Waals surface area (Å²) in [5.41, 5.74) is 1.02. The normalized spacial score (nSPS) is 11.0. The van der Waals surface area contributed by atoms with Crippen LogP contribution in [0.15, 0.2) is 48.5 Å². The summed E-state index contributed by atoms with van der Waals surface area (Å²) in [4.78, 5) is 0. The van der Waals surface area contributed by atoms with Gasteiger partial charge in [0.15, 0.2) is 0 Å². The maximum absolute atomic E-state index is 12.9. The van der Waals surface area contributed by atoms with Crippen molar-refractivity contribution in [2.45, 2.75) is 12.1 Å². The van der Waals surface area contributed by atoms with Gasteiger partial charge in [-0.3, -0.25) is 5.32 Å². The molecular weight excluding hydrogens is 310 g/mol. The van der Waals surface area contributed by atoms with E-state index in [0.717, 1.165) is 11.6 Å². The number of benzene rings is 2. The third kappa shape index (κ3) is 3.88. The second kappa shape index (κ2) is 6.97. The van der Waals surface area contributed by atoms with Crippen molar-refractivity contribution >= 4 is 23.0 Å². The summed E-state index contributed by atoms with van der Waals surface area (Å²) in [5, 5.41) is 1.51. The van der Waals surface area contributed by atoms with Crippen LogP contribution in [0.4, 0.5) is 24.5 Å². The SMILES string of the molecule is FC(F)(F)c1ccccc1[NH2+]c1ccccc1CCl.[Cl-]. The van der Waals surface area contributed by atoms with E-state index < -0.39 is 11.7 Å². The van der Waals surface area contributed by atoms with Crippen molar-refractivity contribution in [3.63, 3.8) is 0 Å². The van der Waals surface area contributed by atoms with Crippen LogP contribution in [0.2, 0.25) is 0 Å². The van der Waals surface area contributed by atoms with Gasteiger partial charge >= 0.3 is 6.18 Å². The lowest BCUT2D eigenvalue weighted by atomic mass is 10.1. The van der Waals surface area contributed by atoms with Crippen LogP contribution in [0.25, 0.3) is 0 Å². The highest BCUT2D eigenvalue weighted by atomic mass is 35.5. The zero-order chi connectivity index (χ0) is 13.9. The Kier molecular flexibility index (Phi) is 5.87. The van der Waals surface area contributed by atoms with Crippen LogP contribution in [0.1, 0.15) is 11.1 Å². The number of para-hydroxylation sites is 2. The maximum atomic E-state index is 12.9. The highest BCUT2D eigenvalue weighted by Crippen LogP contribution is 2.33. The smallest absolute Gasteiger partial charge is 0.422 e. The number of quaternary nitrogens is 1. The lowest BCUT2D eigenvalue weighted by Gasteiger charge is -2.11. The van der Waals surface area contributed by atoms with Crippen molar-refractivity contribution in [1.82, 2.24) is 0 Å².